The van der Waals surface area contributed by atoms with Crippen LogP contribution in [0, 0.1) is 0 Å². The topological polar surface area (TPSA) is 9.23 Å². The summed E-state index contributed by atoms with van der Waals surface area (Å²) in [6.07, 6.45) is 9.15. The molecule has 0 aliphatic rings. The number of benzene rings is 1. The van der Waals surface area contributed by atoms with Gasteiger partial charge in [0.25, 0.3) is 0 Å². The fourth-order valence-corrected chi connectivity index (χ4v) is 4.19. The molecule has 0 fully saturated rings. The van der Waals surface area contributed by atoms with Gasteiger partial charge in [-0.15, -0.1) is 0 Å². The average molecular weight is 516 g/mol. The van der Waals surface area contributed by atoms with Gasteiger partial charge in [0, 0.05) is 0 Å². The molecule has 1 nitrogen and oxygen atoms in total. The van der Waals surface area contributed by atoms with Crippen molar-refractivity contribution in [2.75, 3.05) is 18.1 Å². The molecule has 0 aliphatic heterocycles. The minimum atomic E-state index is -4.23. The van der Waals surface area contributed by atoms with Crippen LogP contribution < -0.4 is 0 Å². The first-order valence-electron chi connectivity index (χ1n) is 10.0. The maximum Gasteiger partial charge on any atom is 0.416 e. The predicted molar refractivity (Wildman–Crippen MR) is 119 cm³/mol. The van der Waals surface area contributed by atoms with Gasteiger partial charge in [-0.2, -0.15) is 24.9 Å². The van der Waals surface area contributed by atoms with Gasteiger partial charge in [-0.25, -0.2) is 0 Å². The Bertz CT molecular complexity index is 465. The van der Waals surface area contributed by atoms with Gasteiger partial charge in [0.05, 0.1) is 12.2 Å². The molecule has 0 heterocycles. The summed E-state index contributed by atoms with van der Waals surface area (Å²) in [6.45, 7) is 0.859. The average Bonchev–Trinajstić information content (AvgIpc) is 2.64. The Labute approximate surface area is 180 Å². The highest BCUT2D eigenvalue weighted by Crippen LogP contribution is 2.29. The number of halogens is 4. The zero-order valence-corrected chi connectivity index (χ0v) is 19.0. The van der Waals surface area contributed by atoms with Crippen molar-refractivity contribution >= 4 is 34.8 Å². The Hall–Kier alpha value is 0.0500. The van der Waals surface area contributed by atoms with Crippen molar-refractivity contribution in [3.63, 3.8) is 0 Å². The van der Waals surface area contributed by atoms with Crippen LogP contribution in [0.15, 0.2) is 24.3 Å². The van der Waals surface area contributed by atoms with Crippen molar-refractivity contribution in [3.8, 4) is 0 Å². The van der Waals surface area contributed by atoms with Gasteiger partial charge in [0.2, 0.25) is 0 Å². The van der Waals surface area contributed by atoms with E-state index in [0.29, 0.717) is 0 Å². The van der Waals surface area contributed by atoms with E-state index in [1.54, 1.807) is 12.1 Å². The number of rotatable bonds is 16. The molecule has 0 aliphatic carbocycles. The first-order chi connectivity index (χ1) is 13.0. The maximum atomic E-state index is 12.5. The lowest BCUT2D eigenvalue weighted by atomic mass is 10.0. The first-order valence-corrected chi connectivity index (χ1v) is 12.0. The molecule has 156 valence electrons. The molecule has 0 spiro atoms. The molecule has 6 heteroatoms. The molecular formula is C21H32F3IOS. The molecular weight excluding hydrogens is 484 g/mol. The molecule has 1 rings (SSSR count). The van der Waals surface area contributed by atoms with Crippen LogP contribution in [-0.2, 0) is 15.7 Å². The third-order valence-electron chi connectivity index (χ3n) is 4.55. The largest absolute Gasteiger partial charge is 0.416 e. The van der Waals surface area contributed by atoms with Crippen LogP contribution in [0.5, 0.6) is 0 Å². The summed E-state index contributed by atoms with van der Waals surface area (Å²) in [5.74, 6) is 2.47. The molecule has 0 N–H and O–H groups in total. The van der Waals surface area contributed by atoms with E-state index in [4.69, 9.17) is 3.07 Å². The number of hydrogen-bond donors (Lipinski definition) is 0. The van der Waals surface area contributed by atoms with E-state index in [-0.39, 0.29) is 0 Å². The number of alkyl halides is 3. The molecule has 0 bridgehead atoms. The van der Waals surface area contributed by atoms with Gasteiger partial charge < -0.3 is 3.07 Å². The fraction of sp³-hybridized carbons (Fsp3) is 0.714. The molecule has 1 aromatic carbocycles. The molecule has 27 heavy (non-hydrogen) atoms. The second kappa shape index (κ2) is 15.9. The number of thioether (sulfide) groups is 1. The predicted octanol–water partition coefficient (Wildman–Crippen LogP) is 8.25. The monoisotopic (exact) mass is 516 g/mol. The van der Waals surface area contributed by atoms with Gasteiger partial charge in [-0.05, 0) is 54.9 Å². The lowest BCUT2D eigenvalue weighted by Crippen LogP contribution is -2.04. The van der Waals surface area contributed by atoms with Gasteiger partial charge in [0.1, 0.15) is 23.0 Å². The smallest absolute Gasteiger partial charge is 0.316 e. The van der Waals surface area contributed by atoms with E-state index < -0.39 is 11.7 Å². The Morgan fingerprint density at radius 1 is 0.741 bits per heavy atom. The highest BCUT2D eigenvalue weighted by Gasteiger charge is 2.29. The zero-order chi connectivity index (χ0) is 19.8. The highest BCUT2D eigenvalue weighted by atomic mass is 127. The van der Waals surface area contributed by atoms with Crippen LogP contribution in [0.25, 0.3) is 0 Å². The van der Waals surface area contributed by atoms with Crippen molar-refractivity contribution in [1.29, 1.82) is 0 Å². The van der Waals surface area contributed by atoms with Crippen LogP contribution in [0.2, 0.25) is 0 Å². The van der Waals surface area contributed by atoms with Crippen LogP contribution >= 0.6 is 34.8 Å². The van der Waals surface area contributed by atoms with E-state index in [1.165, 1.54) is 75.0 Å². The second-order valence-corrected chi connectivity index (χ2v) is 8.75. The molecule has 0 unspecified atom stereocenters. The molecule has 0 atom stereocenters. The number of aryl methyl sites for hydroxylation is 1. The molecule has 0 amide bonds. The maximum absolute atomic E-state index is 12.5. The lowest BCUT2D eigenvalue weighted by molar-refractivity contribution is -0.137. The van der Waals surface area contributed by atoms with E-state index >= 15 is 0 Å². The summed E-state index contributed by atoms with van der Waals surface area (Å²) >= 11 is 3.98. The third kappa shape index (κ3) is 13.8. The molecule has 0 radical (unpaired) electrons. The van der Waals surface area contributed by atoms with Crippen LogP contribution in [0.1, 0.15) is 75.3 Å². The highest BCUT2D eigenvalue weighted by molar-refractivity contribution is 14.1. The van der Waals surface area contributed by atoms with Gasteiger partial charge in [-0.3, -0.25) is 0 Å². The van der Waals surface area contributed by atoms with Crippen LogP contribution in [0.3, 0.4) is 0 Å². The zero-order valence-electron chi connectivity index (χ0n) is 16.0. The molecule has 0 saturated carbocycles. The van der Waals surface area contributed by atoms with Gasteiger partial charge >= 0.3 is 6.18 Å². The summed E-state index contributed by atoms with van der Waals surface area (Å²) in [7, 11) is 0. The summed E-state index contributed by atoms with van der Waals surface area (Å²) in [4.78, 5) is 0. The van der Waals surface area contributed by atoms with Crippen molar-refractivity contribution in [2.45, 2.75) is 76.8 Å². The van der Waals surface area contributed by atoms with Gasteiger partial charge in [-0.1, -0.05) is 57.1 Å². The number of hydrogen-bond acceptors (Lipinski definition) is 2. The third-order valence-corrected chi connectivity index (χ3v) is 6.14. The Balaban J connectivity index is 1.87. The summed E-state index contributed by atoms with van der Waals surface area (Å²) in [6, 6.07) is 5.59. The SMILES string of the molecule is FC(F)(F)c1ccc(CCCCCCCCCCCSCCCOI)cc1. The van der Waals surface area contributed by atoms with Crippen molar-refractivity contribution in [3.05, 3.63) is 35.4 Å². The van der Waals surface area contributed by atoms with Gasteiger partial charge in [0.15, 0.2) is 0 Å². The van der Waals surface area contributed by atoms with Crippen LogP contribution in [0.4, 0.5) is 13.2 Å². The lowest BCUT2D eigenvalue weighted by Gasteiger charge is -2.07. The molecule has 0 aromatic heterocycles. The van der Waals surface area contributed by atoms with Crippen molar-refractivity contribution in [1.82, 2.24) is 0 Å². The first kappa shape index (κ1) is 25.1. The van der Waals surface area contributed by atoms with Crippen molar-refractivity contribution in [2.24, 2.45) is 0 Å². The van der Waals surface area contributed by atoms with E-state index in [2.05, 4.69) is 0 Å². The van der Waals surface area contributed by atoms with Crippen molar-refractivity contribution < 1.29 is 16.2 Å². The summed E-state index contributed by atoms with van der Waals surface area (Å²) in [5, 5.41) is 0. The van der Waals surface area contributed by atoms with E-state index in [0.717, 1.165) is 31.4 Å². The standard InChI is InChI=1S/C21H32F3IOS/c22-21(23,24)20-14-12-19(13-15-20)11-8-6-4-2-1-3-5-7-9-17-27-18-10-16-26-25/h12-15H,1-11,16-18H2. The molecule has 0 saturated heterocycles. The fourth-order valence-electron chi connectivity index (χ4n) is 2.95. The summed E-state index contributed by atoms with van der Waals surface area (Å²) < 4.78 is 42.5. The normalized spacial score (nSPS) is 11.9. The van der Waals surface area contributed by atoms with E-state index in [9.17, 15) is 13.2 Å². The minimum Gasteiger partial charge on any atom is -0.316 e. The second-order valence-electron chi connectivity index (χ2n) is 6.91. The Morgan fingerprint density at radius 2 is 1.26 bits per heavy atom. The van der Waals surface area contributed by atoms with Crippen LogP contribution in [-0.4, -0.2) is 18.1 Å². The number of unbranched alkanes of at least 4 members (excludes halogenated alkanes) is 8. The Morgan fingerprint density at radius 3 is 1.81 bits per heavy atom. The minimum absolute atomic E-state index is 0.560. The Kier molecular flexibility index (Phi) is 14.8. The van der Waals surface area contributed by atoms with E-state index in [1.807, 2.05) is 34.8 Å². The quantitative estimate of drug-likeness (QED) is 0.162. The summed E-state index contributed by atoms with van der Waals surface area (Å²) in [5.41, 5.74) is 0.443. The molecule has 1 aromatic rings.